The first-order valence-electron chi connectivity index (χ1n) is 16.3. The van der Waals surface area contributed by atoms with Crippen LogP contribution in [0.25, 0.3) is 16.7 Å². The number of benzene rings is 1. The van der Waals surface area contributed by atoms with Gasteiger partial charge in [0.1, 0.15) is 17.1 Å². The van der Waals surface area contributed by atoms with Gasteiger partial charge in [0.15, 0.2) is 5.65 Å². The predicted molar refractivity (Wildman–Crippen MR) is 184 cm³/mol. The number of nitriles is 1. The highest BCUT2D eigenvalue weighted by molar-refractivity contribution is 5.99. The molecule has 254 valence electrons. The fourth-order valence-corrected chi connectivity index (χ4v) is 6.36. The van der Waals surface area contributed by atoms with Crippen LogP contribution in [0.5, 0.6) is 0 Å². The van der Waals surface area contributed by atoms with Crippen LogP contribution in [-0.2, 0) is 10.2 Å². The Morgan fingerprint density at radius 3 is 2.20 bits per heavy atom. The van der Waals surface area contributed by atoms with Crippen LogP contribution in [0.2, 0.25) is 0 Å². The standard InChI is InChI=1S/C36H41N9O4/c1-35(2,3)49-34(48)44-26-13-14-27(44)20-43(19-26)31(46)22-8-15-29(38-17-22)40-33-39-18-23-16-28(32(47)42(6)7)45(30(23)41-33)25-11-9-24(10-12-25)36(4,5)21-37/h8-12,15-18,26-27H,13-14,19-20H2,1-7H3,(H,38,39,40,41). The molecule has 5 heterocycles. The summed E-state index contributed by atoms with van der Waals surface area (Å²) < 4.78 is 7.40. The van der Waals surface area contributed by atoms with Gasteiger partial charge < -0.3 is 19.9 Å². The van der Waals surface area contributed by atoms with E-state index in [1.807, 2.05) is 58.9 Å². The van der Waals surface area contributed by atoms with Crippen LogP contribution in [0.15, 0.2) is 54.9 Å². The molecule has 0 spiro atoms. The molecule has 3 amide bonds. The highest BCUT2D eigenvalue weighted by atomic mass is 16.6. The minimum atomic E-state index is -0.664. The maximum Gasteiger partial charge on any atom is 0.410 e. The van der Waals surface area contributed by atoms with Gasteiger partial charge in [0.2, 0.25) is 5.95 Å². The number of pyridine rings is 1. The van der Waals surface area contributed by atoms with Gasteiger partial charge in [0.05, 0.1) is 29.1 Å². The Hall–Kier alpha value is -5.51. The Morgan fingerprint density at radius 1 is 0.959 bits per heavy atom. The maximum absolute atomic E-state index is 13.5. The number of nitrogens with one attached hydrogen (secondary N) is 1. The number of anilines is 2. The highest BCUT2D eigenvalue weighted by Gasteiger charge is 2.45. The van der Waals surface area contributed by atoms with E-state index in [0.717, 1.165) is 18.4 Å². The van der Waals surface area contributed by atoms with Crippen molar-refractivity contribution in [2.75, 3.05) is 32.5 Å². The SMILES string of the molecule is CN(C)C(=O)c1cc2cnc(Nc3ccc(C(=O)N4CC5CCC(C4)N5C(=O)OC(C)(C)C)cn3)nc2n1-c1ccc(C(C)(C)C#N)cc1. The van der Waals surface area contributed by atoms with Gasteiger partial charge in [0, 0.05) is 50.7 Å². The number of piperazine rings is 1. The van der Waals surface area contributed by atoms with Crippen LogP contribution in [0.4, 0.5) is 16.6 Å². The van der Waals surface area contributed by atoms with E-state index in [1.165, 1.54) is 11.1 Å². The summed E-state index contributed by atoms with van der Waals surface area (Å²) in [6.07, 6.45) is 4.50. The molecular formula is C36H41N9O4. The predicted octanol–water partition coefficient (Wildman–Crippen LogP) is 5.29. The van der Waals surface area contributed by atoms with Gasteiger partial charge in [-0.2, -0.15) is 10.2 Å². The summed E-state index contributed by atoms with van der Waals surface area (Å²) in [7, 11) is 3.38. The lowest BCUT2D eigenvalue weighted by atomic mass is 9.86. The third kappa shape index (κ3) is 6.63. The molecule has 2 bridgehead atoms. The van der Waals surface area contributed by atoms with Crippen molar-refractivity contribution in [2.45, 2.75) is 70.6 Å². The fourth-order valence-electron chi connectivity index (χ4n) is 6.36. The van der Waals surface area contributed by atoms with Crippen molar-refractivity contribution < 1.29 is 19.1 Å². The van der Waals surface area contributed by atoms with Gasteiger partial charge in [0.25, 0.3) is 11.8 Å². The van der Waals surface area contributed by atoms with Crippen LogP contribution < -0.4 is 5.32 Å². The van der Waals surface area contributed by atoms with Gasteiger partial charge in [-0.25, -0.2) is 14.8 Å². The molecule has 49 heavy (non-hydrogen) atoms. The monoisotopic (exact) mass is 663 g/mol. The first kappa shape index (κ1) is 33.4. The lowest BCUT2D eigenvalue weighted by Crippen LogP contribution is -2.57. The molecule has 2 atom stereocenters. The summed E-state index contributed by atoms with van der Waals surface area (Å²) in [5, 5.41) is 13.4. The Kier molecular flexibility index (Phi) is 8.52. The second-order valence-corrected chi connectivity index (χ2v) is 14.4. The Labute approximate surface area is 285 Å². The number of amides is 3. The number of fused-ring (bicyclic) bond motifs is 3. The van der Waals surface area contributed by atoms with Crippen LogP contribution in [0.1, 0.15) is 73.9 Å². The summed E-state index contributed by atoms with van der Waals surface area (Å²) in [6.45, 7) is 10.2. The number of aromatic nitrogens is 4. The summed E-state index contributed by atoms with van der Waals surface area (Å²) in [6, 6.07) is 14.8. The molecule has 2 aliphatic rings. The van der Waals surface area contributed by atoms with Crippen molar-refractivity contribution in [2.24, 2.45) is 0 Å². The van der Waals surface area contributed by atoms with Gasteiger partial charge in [-0.3, -0.25) is 19.1 Å². The topological polar surface area (TPSA) is 150 Å². The van der Waals surface area contributed by atoms with E-state index in [0.29, 0.717) is 46.9 Å². The third-order valence-electron chi connectivity index (χ3n) is 8.92. The number of carbonyl (C=O) groups excluding carboxylic acids is 3. The van der Waals surface area contributed by atoms with Crippen molar-refractivity contribution >= 4 is 40.7 Å². The summed E-state index contributed by atoms with van der Waals surface area (Å²) in [5.74, 6) is 0.364. The first-order chi connectivity index (χ1) is 23.1. The maximum atomic E-state index is 13.5. The van der Waals surface area contributed by atoms with Crippen molar-refractivity contribution in [3.63, 3.8) is 0 Å². The zero-order valence-corrected chi connectivity index (χ0v) is 28.9. The molecule has 3 aromatic heterocycles. The van der Waals surface area contributed by atoms with Crippen molar-refractivity contribution in [1.29, 1.82) is 5.26 Å². The molecule has 13 nitrogen and oxygen atoms in total. The van der Waals surface area contributed by atoms with Crippen molar-refractivity contribution in [3.05, 3.63) is 71.7 Å². The zero-order chi connectivity index (χ0) is 35.2. The Balaban J connectivity index is 1.21. The normalized spacial score (nSPS) is 17.5. The molecule has 2 unspecified atom stereocenters. The zero-order valence-electron chi connectivity index (χ0n) is 28.9. The Morgan fingerprint density at radius 2 is 1.63 bits per heavy atom. The second kappa shape index (κ2) is 12.5. The highest BCUT2D eigenvalue weighted by Crippen LogP contribution is 2.33. The molecule has 0 saturated carbocycles. The van der Waals surface area contributed by atoms with E-state index < -0.39 is 11.0 Å². The lowest BCUT2D eigenvalue weighted by Gasteiger charge is -2.41. The first-order valence-corrected chi connectivity index (χ1v) is 16.3. The fraction of sp³-hybridized carbons (Fsp3) is 0.417. The van der Waals surface area contributed by atoms with E-state index in [9.17, 15) is 19.6 Å². The van der Waals surface area contributed by atoms with Crippen LogP contribution in [0.3, 0.4) is 0 Å². The molecule has 2 saturated heterocycles. The summed E-state index contributed by atoms with van der Waals surface area (Å²) in [5.41, 5.74) is 1.70. The second-order valence-electron chi connectivity index (χ2n) is 14.4. The molecule has 1 N–H and O–H groups in total. The number of rotatable bonds is 6. The van der Waals surface area contributed by atoms with Crippen LogP contribution in [-0.4, -0.2) is 97.0 Å². The Bertz CT molecular complexity index is 1940. The minimum absolute atomic E-state index is 0.0756. The number of carbonyl (C=O) groups is 3. The molecule has 0 radical (unpaired) electrons. The smallest absolute Gasteiger partial charge is 0.410 e. The number of ether oxygens (including phenoxy) is 1. The number of hydrogen-bond donors (Lipinski definition) is 1. The van der Waals surface area contributed by atoms with Crippen molar-refractivity contribution in [3.8, 4) is 11.8 Å². The third-order valence-corrected chi connectivity index (χ3v) is 8.92. The molecule has 1 aromatic carbocycles. The molecular weight excluding hydrogens is 622 g/mol. The average molecular weight is 664 g/mol. The van der Waals surface area contributed by atoms with E-state index in [2.05, 4.69) is 21.4 Å². The summed E-state index contributed by atoms with van der Waals surface area (Å²) >= 11 is 0. The summed E-state index contributed by atoms with van der Waals surface area (Å²) in [4.78, 5) is 58.3. The minimum Gasteiger partial charge on any atom is -0.444 e. The number of hydrogen-bond acceptors (Lipinski definition) is 9. The lowest BCUT2D eigenvalue weighted by molar-refractivity contribution is -0.00336. The molecule has 0 aliphatic carbocycles. The average Bonchev–Trinajstić information content (AvgIpc) is 3.57. The molecule has 13 heteroatoms. The number of likely N-dealkylation sites (tertiary alicyclic amines) is 1. The van der Waals surface area contributed by atoms with Gasteiger partial charge in [-0.05, 0) is 83.4 Å². The van der Waals surface area contributed by atoms with Crippen molar-refractivity contribution in [1.82, 2.24) is 34.2 Å². The molecule has 2 fully saturated rings. The molecule has 6 rings (SSSR count). The van der Waals surface area contributed by atoms with E-state index in [4.69, 9.17) is 9.72 Å². The van der Waals surface area contributed by atoms with E-state index >= 15 is 0 Å². The number of nitrogens with zero attached hydrogens (tertiary/aromatic N) is 8. The largest absolute Gasteiger partial charge is 0.444 e. The van der Waals surface area contributed by atoms with Crippen LogP contribution >= 0.6 is 0 Å². The van der Waals surface area contributed by atoms with Gasteiger partial charge in [-0.15, -0.1) is 0 Å². The van der Waals surface area contributed by atoms with Gasteiger partial charge >= 0.3 is 6.09 Å². The van der Waals surface area contributed by atoms with Gasteiger partial charge in [-0.1, -0.05) is 12.1 Å². The van der Waals surface area contributed by atoms with E-state index in [-0.39, 0.29) is 35.9 Å². The molecule has 2 aliphatic heterocycles. The van der Waals surface area contributed by atoms with E-state index in [1.54, 1.807) is 52.9 Å². The quantitative estimate of drug-likeness (QED) is 0.291. The molecule has 4 aromatic rings. The van der Waals surface area contributed by atoms with Crippen LogP contribution in [0, 0.1) is 11.3 Å².